The van der Waals surface area contributed by atoms with E-state index in [9.17, 15) is 4.79 Å². The average molecular weight is 216 g/mol. The van der Waals surface area contributed by atoms with Crippen LogP contribution < -0.4 is 11.1 Å². The molecule has 2 unspecified atom stereocenters. The third kappa shape index (κ3) is 3.88. The minimum Gasteiger partial charge on any atom is -0.351 e. The van der Waals surface area contributed by atoms with E-state index in [1.807, 2.05) is 11.8 Å². The molecule has 1 rings (SSSR count). The monoisotopic (exact) mass is 216 g/mol. The number of nitrogens with two attached hydrogens (primary N) is 1. The fourth-order valence-corrected chi connectivity index (χ4v) is 2.72. The third-order valence-electron chi connectivity index (χ3n) is 2.34. The maximum Gasteiger partial charge on any atom is 0.237 e. The first-order valence-corrected chi connectivity index (χ1v) is 6.38. The third-order valence-corrected chi connectivity index (χ3v) is 3.50. The van der Waals surface area contributed by atoms with Crippen LogP contribution in [0.25, 0.3) is 0 Å². The van der Waals surface area contributed by atoms with Crippen LogP contribution in [0.2, 0.25) is 0 Å². The van der Waals surface area contributed by atoms with Crippen LogP contribution in [-0.4, -0.2) is 29.5 Å². The van der Waals surface area contributed by atoms with Gasteiger partial charge < -0.3 is 11.1 Å². The fourth-order valence-electron chi connectivity index (χ4n) is 1.57. The summed E-state index contributed by atoms with van der Waals surface area (Å²) in [5.74, 6) is 2.70. The number of hydrogen-bond acceptors (Lipinski definition) is 3. The van der Waals surface area contributed by atoms with Crippen molar-refractivity contribution in [2.45, 2.75) is 38.8 Å². The minimum absolute atomic E-state index is 0.0196. The number of amides is 1. The number of carbonyl (C=O) groups excluding carboxylic acids is 1. The summed E-state index contributed by atoms with van der Waals surface area (Å²) in [6.45, 7) is 4.16. The summed E-state index contributed by atoms with van der Waals surface area (Å²) in [5, 5.41) is 3.00. The molecule has 2 atom stereocenters. The zero-order valence-corrected chi connectivity index (χ0v) is 9.77. The van der Waals surface area contributed by atoms with Crippen LogP contribution >= 0.6 is 11.8 Å². The largest absolute Gasteiger partial charge is 0.351 e. The number of carbonyl (C=O) groups is 1. The van der Waals surface area contributed by atoms with Crippen molar-refractivity contribution in [1.82, 2.24) is 5.32 Å². The predicted octanol–water partition coefficient (Wildman–Crippen LogP) is 0.982. The Hall–Kier alpha value is -0.220. The summed E-state index contributed by atoms with van der Waals surface area (Å²) in [7, 11) is 0. The second-order valence-electron chi connectivity index (χ2n) is 4.31. The Kier molecular flexibility index (Phi) is 4.75. The maximum absolute atomic E-state index is 11.6. The molecule has 1 aliphatic heterocycles. The standard InChI is InChI=1S/C10H20N2OS/c1-7(2)5-9(11)10(13)12-8-3-4-14-6-8/h7-9H,3-6,11H2,1-2H3,(H,12,13). The van der Waals surface area contributed by atoms with Crippen molar-refractivity contribution in [1.29, 1.82) is 0 Å². The van der Waals surface area contributed by atoms with Gasteiger partial charge in [-0.1, -0.05) is 13.8 Å². The van der Waals surface area contributed by atoms with E-state index < -0.39 is 0 Å². The number of thioether (sulfide) groups is 1. The van der Waals surface area contributed by atoms with Gasteiger partial charge in [-0.25, -0.2) is 0 Å². The molecule has 1 fully saturated rings. The second-order valence-corrected chi connectivity index (χ2v) is 5.45. The molecule has 3 nitrogen and oxygen atoms in total. The van der Waals surface area contributed by atoms with Crippen LogP contribution in [0.15, 0.2) is 0 Å². The van der Waals surface area contributed by atoms with Crippen molar-refractivity contribution in [3.05, 3.63) is 0 Å². The second kappa shape index (κ2) is 5.61. The van der Waals surface area contributed by atoms with Gasteiger partial charge in [0.2, 0.25) is 5.91 Å². The van der Waals surface area contributed by atoms with Gasteiger partial charge in [-0.3, -0.25) is 4.79 Å². The van der Waals surface area contributed by atoms with Crippen LogP contribution in [-0.2, 0) is 4.79 Å². The Morgan fingerprint density at radius 2 is 2.36 bits per heavy atom. The fraction of sp³-hybridized carbons (Fsp3) is 0.900. The highest BCUT2D eigenvalue weighted by atomic mass is 32.2. The molecule has 0 saturated carbocycles. The van der Waals surface area contributed by atoms with Crippen molar-refractivity contribution in [2.75, 3.05) is 11.5 Å². The van der Waals surface area contributed by atoms with Crippen molar-refractivity contribution in [2.24, 2.45) is 11.7 Å². The molecule has 0 aliphatic carbocycles. The lowest BCUT2D eigenvalue weighted by Gasteiger charge is -2.17. The summed E-state index contributed by atoms with van der Waals surface area (Å²) in [4.78, 5) is 11.6. The summed E-state index contributed by atoms with van der Waals surface area (Å²) >= 11 is 1.89. The smallest absolute Gasteiger partial charge is 0.237 e. The average Bonchev–Trinajstić information content (AvgIpc) is 2.55. The minimum atomic E-state index is -0.333. The van der Waals surface area contributed by atoms with E-state index in [1.165, 1.54) is 0 Å². The van der Waals surface area contributed by atoms with E-state index in [0.717, 1.165) is 24.3 Å². The molecule has 0 aromatic carbocycles. The highest BCUT2D eigenvalue weighted by Crippen LogP contribution is 2.17. The SMILES string of the molecule is CC(C)CC(N)C(=O)NC1CCSC1. The molecule has 0 spiro atoms. The van der Waals surface area contributed by atoms with Gasteiger partial charge in [0.1, 0.15) is 0 Å². The molecule has 3 N–H and O–H groups in total. The van der Waals surface area contributed by atoms with E-state index in [-0.39, 0.29) is 11.9 Å². The summed E-state index contributed by atoms with van der Waals surface area (Å²) in [6, 6.07) is 0.0197. The molecule has 1 heterocycles. The number of hydrogen-bond donors (Lipinski definition) is 2. The molecule has 0 aromatic rings. The Labute approximate surface area is 90.2 Å². The Bertz CT molecular complexity index is 191. The highest BCUT2D eigenvalue weighted by molar-refractivity contribution is 7.99. The first-order chi connectivity index (χ1) is 6.59. The molecule has 4 heteroatoms. The normalized spacial score (nSPS) is 23.9. The zero-order chi connectivity index (χ0) is 10.6. The van der Waals surface area contributed by atoms with Gasteiger partial charge >= 0.3 is 0 Å². The number of rotatable bonds is 4. The van der Waals surface area contributed by atoms with E-state index in [1.54, 1.807) is 0 Å². The molecule has 1 aliphatic rings. The van der Waals surface area contributed by atoms with Crippen LogP contribution in [0.1, 0.15) is 26.7 Å². The van der Waals surface area contributed by atoms with Gasteiger partial charge in [0.25, 0.3) is 0 Å². The van der Waals surface area contributed by atoms with Gasteiger partial charge in [-0.2, -0.15) is 11.8 Å². The Morgan fingerprint density at radius 3 is 2.86 bits per heavy atom. The molecule has 1 amide bonds. The number of nitrogens with one attached hydrogen (secondary N) is 1. The van der Waals surface area contributed by atoms with Gasteiger partial charge in [-0.05, 0) is 24.5 Å². The quantitative estimate of drug-likeness (QED) is 0.736. The lowest BCUT2D eigenvalue weighted by Crippen LogP contribution is -2.45. The van der Waals surface area contributed by atoms with Crippen molar-refractivity contribution >= 4 is 17.7 Å². The van der Waals surface area contributed by atoms with Gasteiger partial charge in [-0.15, -0.1) is 0 Å². The van der Waals surface area contributed by atoms with Crippen molar-refractivity contribution < 1.29 is 4.79 Å². The summed E-state index contributed by atoms with van der Waals surface area (Å²) in [5.41, 5.74) is 5.78. The van der Waals surface area contributed by atoms with Gasteiger partial charge in [0, 0.05) is 11.8 Å². The summed E-state index contributed by atoms with van der Waals surface area (Å²) in [6.07, 6.45) is 1.86. The van der Waals surface area contributed by atoms with Crippen LogP contribution in [0.3, 0.4) is 0 Å². The van der Waals surface area contributed by atoms with Crippen molar-refractivity contribution in [3.63, 3.8) is 0 Å². The van der Waals surface area contributed by atoms with E-state index in [2.05, 4.69) is 19.2 Å². The topological polar surface area (TPSA) is 55.1 Å². The zero-order valence-electron chi connectivity index (χ0n) is 8.95. The van der Waals surface area contributed by atoms with E-state index in [0.29, 0.717) is 12.0 Å². The van der Waals surface area contributed by atoms with E-state index >= 15 is 0 Å². The molecule has 0 aromatic heterocycles. The van der Waals surface area contributed by atoms with Crippen LogP contribution in [0.5, 0.6) is 0 Å². The van der Waals surface area contributed by atoms with E-state index in [4.69, 9.17) is 5.73 Å². The molecule has 14 heavy (non-hydrogen) atoms. The van der Waals surface area contributed by atoms with Gasteiger partial charge in [0.05, 0.1) is 6.04 Å². The molecule has 1 saturated heterocycles. The predicted molar refractivity (Wildman–Crippen MR) is 61.3 cm³/mol. The lowest BCUT2D eigenvalue weighted by atomic mass is 10.0. The van der Waals surface area contributed by atoms with Crippen molar-refractivity contribution in [3.8, 4) is 0 Å². The molecule has 0 bridgehead atoms. The molecular weight excluding hydrogens is 196 g/mol. The lowest BCUT2D eigenvalue weighted by molar-refractivity contribution is -0.123. The first-order valence-electron chi connectivity index (χ1n) is 5.23. The molecular formula is C10H20N2OS. The first kappa shape index (κ1) is 11.9. The van der Waals surface area contributed by atoms with Gasteiger partial charge in [0.15, 0.2) is 0 Å². The van der Waals surface area contributed by atoms with Crippen LogP contribution in [0, 0.1) is 5.92 Å². The maximum atomic E-state index is 11.6. The Morgan fingerprint density at radius 1 is 1.64 bits per heavy atom. The van der Waals surface area contributed by atoms with Crippen LogP contribution in [0.4, 0.5) is 0 Å². The summed E-state index contributed by atoms with van der Waals surface area (Å²) < 4.78 is 0. The molecule has 0 radical (unpaired) electrons. The Balaban J connectivity index is 2.25. The molecule has 82 valence electrons. The highest BCUT2D eigenvalue weighted by Gasteiger charge is 2.21.